The Bertz CT molecular complexity index is 398. The lowest BCUT2D eigenvalue weighted by Crippen LogP contribution is -2.34. The first-order valence-corrected chi connectivity index (χ1v) is 7.42. The SMILES string of the molecule is CCN1CCCC(c2[nH]nc3c2CCCCN3)C1. The molecule has 1 unspecified atom stereocenters. The van der Waals surface area contributed by atoms with Gasteiger partial charge in [0.15, 0.2) is 5.82 Å². The van der Waals surface area contributed by atoms with Gasteiger partial charge in [0.2, 0.25) is 0 Å². The van der Waals surface area contributed by atoms with Crippen LogP contribution in [-0.2, 0) is 6.42 Å². The topological polar surface area (TPSA) is 44.0 Å². The molecule has 0 amide bonds. The van der Waals surface area contributed by atoms with Crippen LogP contribution in [0.1, 0.15) is 49.8 Å². The van der Waals surface area contributed by atoms with Crippen molar-refractivity contribution in [1.29, 1.82) is 0 Å². The molecule has 0 bridgehead atoms. The monoisotopic (exact) mass is 248 g/mol. The third-order valence-electron chi connectivity index (χ3n) is 4.41. The fraction of sp³-hybridized carbons (Fsp3) is 0.786. The number of rotatable bonds is 2. The summed E-state index contributed by atoms with van der Waals surface area (Å²) >= 11 is 0. The number of hydrogen-bond donors (Lipinski definition) is 2. The lowest BCUT2D eigenvalue weighted by Gasteiger charge is -2.31. The van der Waals surface area contributed by atoms with Gasteiger partial charge < -0.3 is 10.2 Å². The van der Waals surface area contributed by atoms with Gasteiger partial charge in [0.05, 0.1) is 0 Å². The molecule has 4 nitrogen and oxygen atoms in total. The van der Waals surface area contributed by atoms with Crippen LogP contribution >= 0.6 is 0 Å². The van der Waals surface area contributed by atoms with Gasteiger partial charge in [-0.25, -0.2) is 0 Å². The highest BCUT2D eigenvalue weighted by Crippen LogP contribution is 2.32. The molecule has 0 saturated carbocycles. The van der Waals surface area contributed by atoms with Crippen LogP contribution in [0.4, 0.5) is 5.82 Å². The average Bonchev–Trinajstić information content (AvgIpc) is 2.68. The third-order valence-corrected chi connectivity index (χ3v) is 4.41. The standard InChI is InChI=1S/C14H24N4/c1-2-18-9-5-6-11(10-18)13-12-7-3-4-8-15-14(12)17-16-13/h11H,2-10H2,1H3,(H2,15,16,17). The molecule has 4 heteroatoms. The van der Waals surface area contributed by atoms with Crippen molar-refractivity contribution in [3.05, 3.63) is 11.3 Å². The van der Waals surface area contributed by atoms with Gasteiger partial charge in [-0.05, 0) is 45.2 Å². The van der Waals surface area contributed by atoms with E-state index in [0.29, 0.717) is 5.92 Å². The number of likely N-dealkylation sites (tertiary alicyclic amines) is 1. The maximum atomic E-state index is 4.49. The fourth-order valence-electron chi connectivity index (χ4n) is 3.33. The number of nitrogens with zero attached hydrogens (tertiary/aromatic N) is 2. The van der Waals surface area contributed by atoms with Crippen LogP contribution in [0.3, 0.4) is 0 Å². The van der Waals surface area contributed by atoms with E-state index in [0.717, 1.165) is 12.4 Å². The number of H-pyrrole nitrogens is 1. The molecule has 100 valence electrons. The molecule has 0 aromatic carbocycles. The Hall–Kier alpha value is -1.03. The second-order valence-corrected chi connectivity index (χ2v) is 5.58. The van der Waals surface area contributed by atoms with E-state index in [1.165, 1.54) is 63.0 Å². The molecule has 0 spiro atoms. The molecule has 1 aromatic rings. The van der Waals surface area contributed by atoms with E-state index >= 15 is 0 Å². The molecule has 1 fully saturated rings. The summed E-state index contributed by atoms with van der Waals surface area (Å²) < 4.78 is 0. The summed E-state index contributed by atoms with van der Waals surface area (Å²) in [5.74, 6) is 1.78. The lowest BCUT2D eigenvalue weighted by atomic mass is 9.91. The minimum absolute atomic E-state index is 0.662. The largest absolute Gasteiger partial charge is 0.368 e. The summed E-state index contributed by atoms with van der Waals surface area (Å²) in [6.07, 6.45) is 6.37. The van der Waals surface area contributed by atoms with Crippen LogP contribution in [0, 0.1) is 0 Å². The molecule has 2 N–H and O–H groups in total. The molecule has 3 rings (SSSR count). The Morgan fingerprint density at radius 1 is 1.33 bits per heavy atom. The Kier molecular flexibility index (Phi) is 3.55. The summed E-state index contributed by atoms with van der Waals surface area (Å²) in [5.41, 5.74) is 2.88. The molecule has 2 aliphatic heterocycles. The molecule has 0 aliphatic carbocycles. The van der Waals surface area contributed by atoms with E-state index in [1.54, 1.807) is 0 Å². The van der Waals surface area contributed by atoms with Crippen molar-refractivity contribution in [2.24, 2.45) is 0 Å². The Morgan fingerprint density at radius 2 is 2.28 bits per heavy atom. The quantitative estimate of drug-likeness (QED) is 0.844. The number of nitrogens with one attached hydrogen (secondary N) is 2. The van der Waals surface area contributed by atoms with Crippen LogP contribution < -0.4 is 5.32 Å². The van der Waals surface area contributed by atoms with Crippen LogP contribution in [0.15, 0.2) is 0 Å². The zero-order chi connectivity index (χ0) is 12.4. The van der Waals surface area contributed by atoms with E-state index in [2.05, 4.69) is 27.3 Å². The van der Waals surface area contributed by atoms with Gasteiger partial charge in [0, 0.05) is 30.3 Å². The van der Waals surface area contributed by atoms with E-state index < -0.39 is 0 Å². The van der Waals surface area contributed by atoms with Gasteiger partial charge in [-0.2, -0.15) is 5.10 Å². The zero-order valence-corrected chi connectivity index (χ0v) is 11.3. The first kappa shape index (κ1) is 12.0. The number of fused-ring (bicyclic) bond motifs is 1. The highest BCUT2D eigenvalue weighted by atomic mass is 15.2. The number of aromatic nitrogens is 2. The van der Waals surface area contributed by atoms with Crippen molar-refractivity contribution >= 4 is 5.82 Å². The van der Waals surface area contributed by atoms with Crippen molar-refractivity contribution in [3.63, 3.8) is 0 Å². The van der Waals surface area contributed by atoms with Crippen LogP contribution in [0.2, 0.25) is 0 Å². The number of aromatic amines is 1. The first-order chi connectivity index (χ1) is 8.88. The van der Waals surface area contributed by atoms with Gasteiger partial charge in [-0.15, -0.1) is 0 Å². The average molecular weight is 248 g/mol. The highest BCUT2D eigenvalue weighted by molar-refractivity contribution is 5.48. The maximum absolute atomic E-state index is 4.49. The smallest absolute Gasteiger partial charge is 0.151 e. The molecular weight excluding hydrogens is 224 g/mol. The van der Waals surface area contributed by atoms with Crippen molar-refractivity contribution in [3.8, 4) is 0 Å². The second kappa shape index (κ2) is 5.31. The molecule has 1 saturated heterocycles. The van der Waals surface area contributed by atoms with Crippen molar-refractivity contribution in [2.45, 2.75) is 44.9 Å². The van der Waals surface area contributed by atoms with Crippen molar-refractivity contribution in [2.75, 3.05) is 31.5 Å². The van der Waals surface area contributed by atoms with Crippen molar-refractivity contribution in [1.82, 2.24) is 15.1 Å². The van der Waals surface area contributed by atoms with Crippen LogP contribution in [0.25, 0.3) is 0 Å². The predicted molar refractivity (Wildman–Crippen MR) is 74.1 cm³/mol. The summed E-state index contributed by atoms with van der Waals surface area (Å²) in [7, 11) is 0. The molecular formula is C14H24N4. The van der Waals surface area contributed by atoms with Gasteiger partial charge in [0.25, 0.3) is 0 Å². The zero-order valence-electron chi connectivity index (χ0n) is 11.3. The number of piperidine rings is 1. The first-order valence-electron chi connectivity index (χ1n) is 7.42. The fourth-order valence-corrected chi connectivity index (χ4v) is 3.33. The summed E-state index contributed by atoms with van der Waals surface area (Å²) in [6, 6.07) is 0. The summed E-state index contributed by atoms with van der Waals surface area (Å²) in [4.78, 5) is 2.56. The predicted octanol–water partition coefficient (Wildman–Crippen LogP) is 2.36. The summed E-state index contributed by atoms with van der Waals surface area (Å²) in [6.45, 7) is 6.97. The second-order valence-electron chi connectivity index (χ2n) is 5.58. The minimum Gasteiger partial charge on any atom is -0.368 e. The summed E-state index contributed by atoms with van der Waals surface area (Å²) in [5, 5.41) is 11.3. The molecule has 3 heterocycles. The number of hydrogen-bond acceptors (Lipinski definition) is 3. The maximum Gasteiger partial charge on any atom is 0.151 e. The molecule has 0 radical (unpaired) electrons. The van der Waals surface area contributed by atoms with E-state index in [-0.39, 0.29) is 0 Å². The Labute approximate surface area is 109 Å². The Balaban J connectivity index is 1.81. The van der Waals surface area contributed by atoms with Gasteiger partial charge in [-0.3, -0.25) is 5.10 Å². The third kappa shape index (κ3) is 2.26. The van der Waals surface area contributed by atoms with Gasteiger partial charge in [-0.1, -0.05) is 6.92 Å². The lowest BCUT2D eigenvalue weighted by molar-refractivity contribution is 0.215. The van der Waals surface area contributed by atoms with Gasteiger partial charge >= 0.3 is 0 Å². The molecule has 18 heavy (non-hydrogen) atoms. The van der Waals surface area contributed by atoms with E-state index in [4.69, 9.17) is 0 Å². The van der Waals surface area contributed by atoms with E-state index in [9.17, 15) is 0 Å². The van der Waals surface area contributed by atoms with Crippen LogP contribution in [-0.4, -0.2) is 41.3 Å². The normalized spacial score (nSPS) is 25.3. The van der Waals surface area contributed by atoms with Crippen LogP contribution in [0.5, 0.6) is 0 Å². The van der Waals surface area contributed by atoms with E-state index in [1.807, 2.05) is 0 Å². The van der Waals surface area contributed by atoms with Crippen molar-refractivity contribution < 1.29 is 0 Å². The highest BCUT2D eigenvalue weighted by Gasteiger charge is 2.26. The minimum atomic E-state index is 0.662. The molecule has 1 atom stereocenters. The molecule has 2 aliphatic rings. The van der Waals surface area contributed by atoms with Gasteiger partial charge in [0.1, 0.15) is 0 Å². The molecule has 1 aromatic heterocycles. The number of anilines is 1. The Morgan fingerprint density at radius 3 is 3.17 bits per heavy atom. The number of likely N-dealkylation sites (N-methyl/N-ethyl adjacent to an activating group) is 1.